The molecule has 0 fully saturated rings. The first-order valence-electron chi connectivity index (χ1n) is 5.10. The molecule has 1 heterocycles. The van der Waals surface area contributed by atoms with E-state index < -0.39 is 18.5 Å². The zero-order chi connectivity index (χ0) is 12.4. The maximum absolute atomic E-state index is 11.2. The quantitative estimate of drug-likeness (QED) is 0.608. The molecule has 0 bridgehead atoms. The molecule has 90 valence electrons. The summed E-state index contributed by atoms with van der Waals surface area (Å²) in [7, 11) is 0. The summed E-state index contributed by atoms with van der Waals surface area (Å²) in [5.41, 5.74) is 0.762. The summed E-state index contributed by atoms with van der Waals surface area (Å²) in [6.07, 6.45) is -1.29. The van der Waals surface area contributed by atoms with Crippen molar-refractivity contribution in [2.75, 3.05) is 6.61 Å². The number of fused-ring (bicyclic) bond motifs is 1. The third-order valence-corrected chi connectivity index (χ3v) is 2.35. The molecule has 0 saturated carbocycles. The van der Waals surface area contributed by atoms with Crippen molar-refractivity contribution in [2.45, 2.75) is 13.2 Å². The topological polar surface area (TPSA) is 79.9 Å². The Hall–Kier alpha value is -1.85. The number of aliphatic hydroxyl groups excluding tert-OH is 2. The maximum Gasteiger partial charge on any atom is 0.336 e. The van der Waals surface area contributed by atoms with Gasteiger partial charge >= 0.3 is 5.63 Å². The highest BCUT2D eigenvalue weighted by molar-refractivity contribution is 5.81. The fourth-order valence-corrected chi connectivity index (χ4v) is 1.57. The highest BCUT2D eigenvalue weighted by Gasteiger charge is 2.07. The van der Waals surface area contributed by atoms with E-state index in [2.05, 4.69) is 0 Å². The number of aryl methyl sites for hydroxylation is 1. The molecule has 0 spiro atoms. The van der Waals surface area contributed by atoms with E-state index in [0.29, 0.717) is 11.3 Å². The second-order valence-corrected chi connectivity index (χ2v) is 3.66. The smallest absolute Gasteiger partial charge is 0.336 e. The lowest BCUT2D eigenvalue weighted by Gasteiger charge is -2.11. The third kappa shape index (κ3) is 2.46. The van der Waals surface area contributed by atoms with Gasteiger partial charge in [-0.15, -0.1) is 0 Å². The Morgan fingerprint density at radius 2 is 2.18 bits per heavy atom. The molecular weight excluding hydrogens is 224 g/mol. The molecule has 0 unspecified atom stereocenters. The fourth-order valence-electron chi connectivity index (χ4n) is 1.57. The van der Waals surface area contributed by atoms with E-state index in [-0.39, 0.29) is 0 Å². The Morgan fingerprint density at radius 1 is 1.41 bits per heavy atom. The fraction of sp³-hybridized carbons (Fsp3) is 0.250. The molecule has 1 aromatic carbocycles. The molecule has 2 aromatic rings. The number of hydrogen-bond donors (Lipinski definition) is 2. The molecule has 1 aromatic heterocycles. The number of ether oxygens (including phenoxy) is 1. The van der Waals surface area contributed by atoms with Gasteiger partial charge in [0.05, 0.1) is 0 Å². The van der Waals surface area contributed by atoms with Crippen LogP contribution in [0.3, 0.4) is 0 Å². The average Bonchev–Trinajstić information content (AvgIpc) is 2.28. The van der Waals surface area contributed by atoms with Crippen LogP contribution < -0.4 is 10.4 Å². The first-order valence-corrected chi connectivity index (χ1v) is 5.10. The molecular formula is C12H12O5. The molecule has 2 N–H and O–H groups in total. The van der Waals surface area contributed by atoms with E-state index >= 15 is 0 Å². The van der Waals surface area contributed by atoms with Crippen LogP contribution in [-0.4, -0.2) is 23.1 Å². The largest absolute Gasteiger partial charge is 0.463 e. The van der Waals surface area contributed by atoms with E-state index in [1.807, 2.05) is 6.92 Å². The molecule has 2 rings (SSSR count). The van der Waals surface area contributed by atoms with Crippen molar-refractivity contribution in [1.29, 1.82) is 0 Å². The Morgan fingerprint density at radius 3 is 2.88 bits per heavy atom. The van der Waals surface area contributed by atoms with Crippen LogP contribution in [0, 0.1) is 6.92 Å². The van der Waals surface area contributed by atoms with Crippen LogP contribution in [-0.2, 0) is 0 Å². The van der Waals surface area contributed by atoms with Crippen LogP contribution in [0.2, 0.25) is 0 Å². The van der Waals surface area contributed by atoms with E-state index in [0.717, 1.165) is 10.9 Å². The van der Waals surface area contributed by atoms with Crippen LogP contribution in [0.4, 0.5) is 0 Å². The monoisotopic (exact) mass is 236 g/mol. The first kappa shape index (κ1) is 11.6. The summed E-state index contributed by atoms with van der Waals surface area (Å²) in [5, 5.41) is 18.6. The van der Waals surface area contributed by atoms with E-state index in [1.165, 1.54) is 12.1 Å². The highest BCUT2D eigenvalue weighted by Crippen LogP contribution is 2.22. The molecule has 0 amide bonds. The lowest BCUT2D eigenvalue weighted by molar-refractivity contribution is -0.0548. The summed E-state index contributed by atoms with van der Waals surface area (Å²) < 4.78 is 10.0. The van der Waals surface area contributed by atoms with Gasteiger partial charge in [0.1, 0.15) is 17.9 Å². The molecule has 0 saturated heterocycles. The number of hydrogen-bond acceptors (Lipinski definition) is 5. The number of benzene rings is 1. The zero-order valence-electron chi connectivity index (χ0n) is 9.21. The maximum atomic E-state index is 11.2. The van der Waals surface area contributed by atoms with Crippen molar-refractivity contribution in [2.24, 2.45) is 0 Å². The molecule has 1 atom stereocenters. The van der Waals surface area contributed by atoms with Gasteiger partial charge in [-0.2, -0.15) is 0 Å². The van der Waals surface area contributed by atoms with Gasteiger partial charge in [0.2, 0.25) is 6.29 Å². The van der Waals surface area contributed by atoms with Gasteiger partial charge < -0.3 is 19.4 Å². The van der Waals surface area contributed by atoms with Crippen LogP contribution >= 0.6 is 0 Å². The Labute approximate surface area is 96.9 Å². The lowest BCUT2D eigenvalue weighted by atomic mass is 10.1. The summed E-state index contributed by atoms with van der Waals surface area (Å²) >= 11 is 0. The van der Waals surface area contributed by atoms with Crippen molar-refractivity contribution in [3.05, 3.63) is 40.2 Å². The van der Waals surface area contributed by atoms with E-state index in [1.54, 1.807) is 12.1 Å². The van der Waals surface area contributed by atoms with Crippen molar-refractivity contribution >= 4 is 11.0 Å². The highest BCUT2D eigenvalue weighted by atomic mass is 16.6. The zero-order valence-corrected chi connectivity index (χ0v) is 9.21. The van der Waals surface area contributed by atoms with Gasteiger partial charge in [-0.05, 0) is 24.6 Å². The van der Waals surface area contributed by atoms with Gasteiger partial charge in [0, 0.05) is 17.5 Å². The summed E-state index contributed by atoms with van der Waals surface area (Å²) in [6, 6.07) is 6.27. The minimum absolute atomic E-state index is 0.327. The molecule has 17 heavy (non-hydrogen) atoms. The second-order valence-electron chi connectivity index (χ2n) is 3.66. The summed E-state index contributed by atoms with van der Waals surface area (Å²) in [5.74, 6) is 0.327. The molecule has 0 aliphatic heterocycles. The van der Waals surface area contributed by atoms with Crippen LogP contribution in [0.25, 0.3) is 11.0 Å². The summed E-state index contributed by atoms with van der Waals surface area (Å²) in [6.45, 7) is 1.30. The minimum atomic E-state index is -1.29. The van der Waals surface area contributed by atoms with Gasteiger partial charge in [-0.1, -0.05) is 0 Å². The third-order valence-electron chi connectivity index (χ3n) is 2.35. The second kappa shape index (κ2) is 4.57. The average molecular weight is 236 g/mol. The molecule has 0 aliphatic carbocycles. The van der Waals surface area contributed by atoms with Crippen LogP contribution in [0.15, 0.2) is 33.5 Å². The first-order chi connectivity index (χ1) is 8.10. The molecule has 0 radical (unpaired) electrons. The normalized spacial score (nSPS) is 12.6. The van der Waals surface area contributed by atoms with Crippen molar-refractivity contribution in [3.63, 3.8) is 0 Å². The number of aliphatic hydroxyl groups is 2. The predicted molar refractivity (Wildman–Crippen MR) is 60.9 cm³/mol. The SMILES string of the molecule is Cc1cc(=O)oc2cc(O[C@H](O)CO)ccc12. The molecule has 5 heteroatoms. The van der Waals surface area contributed by atoms with Crippen LogP contribution in [0.5, 0.6) is 5.75 Å². The van der Waals surface area contributed by atoms with Gasteiger partial charge in [0.15, 0.2) is 0 Å². The summed E-state index contributed by atoms with van der Waals surface area (Å²) in [4.78, 5) is 11.2. The Kier molecular flexibility index (Phi) is 3.12. The lowest BCUT2D eigenvalue weighted by Crippen LogP contribution is -2.19. The van der Waals surface area contributed by atoms with Crippen molar-refractivity contribution < 1.29 is 19.4 Å². The van der Waals surface area contributed by atoms with Gasteiger partial charge in [-0.3, -0.25) is 0 Å². The molecule has 0 aliphatic rings. The van der Waals surface area contributed by atoms with Gasteiger partial charge in [-0.25, -0.2) is 4.79 Å². The Bertz CT molecular complexity index is 587. The standard InChI is InChI=1S/C12H12O5/c1-7-4-11(14)17-10-5-8(2-3-9(7)10)16-12(15)6-13/h2-5,12-13,15H,6H2,1H3/t12-/m0/s1. The van der Waals surface area contributed by atoms with Gasteiger partial charge in [0.25, 0.3) is 0 Å². The Balaban J connectivity index is 2.46. The van der Waals surface area contributed by atoms with E-state index in [4.69, 9.17) is 19.4 Å². The number of rotatable bonds is 3. The van der Waals surface area contributed by atoms with Crippen LogP contribution in [0.1, 0.15) is 5.56 Å². The predicted octanol–water partition coefficient (Wildman–Crippen LogP) is 0.791. The minimum Gasteiger partial charge on any atom is -0.463 e. The van der Waals surface area contributed by atoms with E-state index in [9.17, 15) is 4.79 Å². The molecule has 5 nitrogen and oxygen atoms in total. The van der Waals surface area contributed by atoms with Crippen molar-refractivity contribution in [1.82, 2.24) is 0 Å². The van der Waals surface area contributed by atoms with Crippen molar-refractivity contribution in [3.8, 4) is 5.75 Å².